The number of nitrogens with zero attached hydrogens (tertiary/aromatic N) is 1. The van der Waals surface area contributed by atoms with Crippen molar-refractivity contribution >= 4 is 10.9 Å². The van der Waals surface area contributed by atoms with Gasteiger partial charge in [-0.1, -0.05) is 0 Å². The quantitative estimate of drug-likeness (QED) is 0.558. The van der Waals surface area contributed by atoms with Gasteiger partial charge in [0.2, 0.25) is 10.9 Å². The molecule has 1 rings (SSSR count). The largest absolute Gasteiger partial charge is 0.373 e. The van der Waals surface area contributed by atoms with E-state index in [2.05, 4.69) is 0 Å². The second kappa shape index (κ2) is 3.08. The van der Waals surface area contributed by atoms with Crippen molar-refractivity contribution in [2.24, 2.45) is 0 Å². The normalized spacial score (nSPS) is 25.7. The van der Waals surface area contributed by atoms with Crippen LogP contribution in [0.15, 0.2) is 0 Å². The fourth-order valence-electron chi connectivity index (χ4n) is 1.13. The minimum Gasteiger partial charge on any atom is -0.373 e. The third-order valence-electron chi connectivity index (χ3n) is 1.64. The molecule has 66 valence electrons. The SMILES string of the molecule is CC1(C)CN([SH](=O)=O)CCO1. The van der Waals surface area contributed by atoms with Gasteiger partial charge >= 0.3 is 0 Å². The predicted octanol–water partition coefficient (Wildman–Crippen LogP) is -0.376. The molecule has 0 amide bonds. The van der Waals surface area contributed by atoms with Crippen LogP contribution in [0.3, 0.4) is 0 Å². The van der Waals surface area contributed by atoms with Crippen LogP contribution in [-0.2, 0) is 15.6 Å². The molecule has 11 heavy (non-hydrogen) atoms. The molecule has 1 saturated heterocycles. The van der Waals surface area contributed by atoms with E-state index in [-0.39, 0.29) is 5.60 Å². The summed E-state index contributed by atoms with van der Waals surface area (Å²) < 4.78 is 27.9. The van der Waals surface area contributed by atoms with E-state index in [1.54, 1.807) is 0 Å². The van der Waals surface area contributed by atoms with Gasteiger partial charge in [-0.05, 0) is 13.8 Å². The van der Waals surface area contributed by atoms with E-state index in [0.29, 0.717) is 19.7 Å². The molecule has 0 aliphatic carbocycles. The first-order valence-electron chi connectivity index (χ1n) is 3.54. The molecule has 0 atom stereocenters. The summed E-state index contributed by atoms with van der Waals surface area (Å²) in [5.41, 5.74) is -0.326. The Labute approximate surface area is 68.2 Å². The maximum atomic E-state index is 10.5. The third kappa shape index (κ3) is 2.43. The Morgan fingerprint density at radius 1 is 1.45 bits per heavy atom. The molecule has 0 bridgehead atoms. The summed E-state index contributed by atoms with van der Waals surface area (Å²) in [5.74, 6) is 0. The number of morpholine rings is 1. The molecule has 0 N–H and O–H groups in total. The number of rotatable bonds is 1. The minimum absolute atomic E-state index is 0.326. The number of ether oxygens (including phenoxy) is 1. The van der Waals surface area contributed by atoms with Crippen LogP contribution in [0, 0.1) is 0 Å². The minimum atomic E-state index is -2.42. The van der Waals surface area contributed by atoms with Crippen LogP contribution in [0.2, 0.25) is 0 Å². The lowest BCUT2D eigenvalue weighted by molar-refractivity contribution is -0.0631. The van der Waals surface area contributed by atoms with Crippen molar-refractivity contribution in [3.8, 4) is 0 Å². The highest BCUT2D eigenvalue weighted by atomic mass is 32.2. The van der Waals surface area contributed by atoms with E-state index in [1.165, 1.54) is 4.31 Å². The van der Waals surface area contributed by atoms with E-state index < -0.39 is 10.9 Å². The average Bonchev–Trinajstić information content (AvgIpc) is 1.85. The van der Waals surface area contributed by atoms with Gasteiger partial charge in [0.05, 0.1) is 12.2 Å². The highest BCUT2D eigenvalue weighted by Gasteiger charge is 2.28. The maximum absolute atomic E-state index is 10.5. The molecule has 0 spiro atoms. The van der Waals surface area contributed by atoms with Crippen LogP contribution >= 0.6 is 0 Å². The second-order valence-electron chi connectivity index (χ2n) is 3.23. The summed E-state index contributed by atoms with van der Waals surface area (Å²) in [6.07, 6.45) is 0. The van der Waals surface area contributed by atoms with E-state index in [4.69, 9.17) is 4.74 Å². The van der Waals surface area contributed by atoms with Gasteiger partial charge in [-0.2, -0.15) is 4.31 Å². The molecule has 0 aromatic rings. The molecule has 0 unspecified atom stereocenters. The fourth-order valence-corrected chi connectivity index (χ4v) is 1.83. The highest BCUT2D eigenvalue weighted by Crippen LogP contribution is 2.15. The van der Waals surface area contributed by atoms with E-state index >= 15 is 0 Å². The lowest BCUT2D eigenvalue weighted by Crippen LogP contribution is -2.47. The first-order chi connectivity index (χ1) is 5.01. The van der Waals surface area contributed by atoms with Gasteiger partial charge in [0, 0.05) is 13.1 Å². The summed E-state index contributed by atoms with van der Waals surface area (Å²) in [6, 6.07) is 0. The highest BCUT2D eigenvalue weighted by molar-refractivity contribution is 7.69. The van der Waals surface area contributed by atoms with Crippen LogP contribution in [0.4, 0.5) is 0 Å². The number of thiol groups is 1. The molecule has 0 aromatic heterocycles. The first kappa shape index (κ1) is 8.96. The Hall–Kier alpha value is -0.130. The van der Waals surface area contributed by atoms with Crippen molar-refractivity contribution in [3.05, 3.63) is 0 Å². The molecule has 0 aromatic carbocycles. The van der Waals surface area contributed by atoms with Crippen molar-refractivity contribution < 1.29 is 13.2 Å². The second-order valence-corrected chi connectivity index (χ2v) is 4.28. The first-order valence-corrected chi connectivity index (χ1v) is 4.67. The van der Waals surface area contributed by atoms with Gasteiger partial charge in [0.15, 0.2) is 0 Å². The third-order valence-corrected chi connectivity index (χ3v) is 2.44. The Morgan fingerprint density at radius 3 is 2.45 bits per heavy atom. The van der Waals surface area contributed by atoms with Crippen LogP contribution < -0.4 is 0 Å². The van der Waals surface area contributed by atoms with Gasteiger partial charge in [0.25, 0.3) is 0 Å². The summed E-state index contributed by atoms with van der Waals surface area (Å²) in [7, 11) is -2.42. The smallest absolute Gasteiger partial charge is 0.204 e. The predicted molar refractivity (Wildman–Crippen MR) is 41.9 cm³/mol. The molecule has 1 aliphatic rings. The molecule has 1 aliphatic heterocycles. The Balaban J connectivity index is 2.60. The van der Waals surface area contributed by atoms with Crippen molar-refractivity contribution in [1.29, 1.82) is 0 Å². The Kier molecular flexibility index (Phi) is 2.51. The van der Waals surface area contributed by atoms with E-state index in [1.807, 2.05) is 13.8 Å². The lowest BCUT2D eigenvalue weighted by atomic mass is 10.1. The molecular weight excluding hydrogens is 166 g/mol. The van der Waals surface area contributed by atoms with Crippen molar-refractivity contribution in [3.63, 3.8) is 0 Å². The zero-order valence-electron chi connectivity index (χ0n) is 6.74. The average molecular weight is 179 g/mol. The van der Waals surface area contributed by atoms with Crippen LogP contribution in [0.1, 0.15) is 13.8 Å². The molecule has 1 fully saturated rings. The standard InChI is InChI=1S/C6H13NO3S/c1-6(2)5-7(11(8)9)3-4-10-6/h11H,3-5H2,1-2H3. The van der Waals surface area contributed by atoms with Gasteiger partial charge < -0.3 is 4.74 Å². The molecule has 0 radical (unpaired) electrons. The molecule has 5 heteroatoms. The Morgan fingerprint density at radius 2 is 2.09 bits per heavy atom. The molecule has 0 saturated carbocycles. The topological polar surface area (TPSA) is 46.6 Å². The van der Waals surface area contributed by atoms with Crippen molar-refractivity contribution in [2.45, 2.75) is 19.4 Å². The van der Waals surface area contributed by atoms with E-state index in [0.717, 1.165) is 0 Å². The monoisotopic (exact) mass is 179 g/mol. The van der Waals surface area contributed by atoms with Crippen LogP contribution in [-0.4, -0.2) is 38.0 Å². The van der Waals surface area contributed by atoms with Gasteiger partial charge in [-0.15, -0.1) is 0 Å². The van der Waals surface area contributed by atoms with Crippen LogP contribution in [0.25, 0.3) is 0 Å². The summed E-state index contributed by atoms with van der Waals surface area (Å²) in [6.45, 7) is 5.22. The summed E-state index contributed by atoms with van der Waals surface area (Å²) in [5, 5.41) is 0. The van der Waals surface area contributed by atoms with Gasteiger partial charge in [-0.3, -0.25) is 0 Å². The van der Waals surface area contributed by atoms with Gasteiger partial charge in [0.1, 0.15) is 0 Å². The Bertz CT molecular complexity index is 204. The summed E-state index contributed by atoms with van der Waals surface area (Å²) >= 11 is 0. The maximum Gasteiger partial charge on any atom is 0.204 e. The lowest BCUT2D eigenvalue weighted by Gasteiger charge is -2.34. The number of hydrogen-bond acceptors (Lipinski definition) is 3. The summed E-state index contributed by atoms with van der Waals surface area (Å²) in [4.78, 5) is 0. The fraction of sp³-hybridized carbons (Fsp3) is 1.00. The molecule has 1 heterocycles. The van der Waals surface area contributed by atoms with Gasteiger partial charge in [-0.25, -0.2) is 8.42 Å². The van der Waals surface area contributed by atoms with Crippen molar-refractivity contribution in [2.75, 3.05) is 19.7 Å². The molecule has 4 nitrogen and oxygen atoms in total. The number of hydrogen-bond donors (Lipinski definition) is 1. The van der Waals surface area contributed by atoms with Crippen molar-refractivity contribution in [1.82, 2.24) is 4.31 Å². The zero-order chi connectivity index (χ0) is 8.48. The van der Waals surface area contributed by atoms with Crippen LogP contribution in [0.5, 0.6) is 0 Å². The van der Waals surface area contributed by atoms with E-state index in [9.17, 15) is 8.42 Å². The zero-order valence-corrected chi connectivity index (χ0v) is 7.63. The molecular formula is C6H13NO3S.